The Morgan fingerprint density at radius 3 is 2.40 bits per heavy atom. The van der Waals surface area contributed by atoms with E-state index in [9.17, 15) is 14.9 Å². The van der Waals surface area contributed by atoms with Gasteiger partial charge in [0.1, 0.15) is 0 Å². The first kappa shape index (κ1) is 17.8. The molecule has 0 heterocycles. The highest BCUT2D eigenvalue weighted by Gasteiger charge is 2.25. The normalized spacial score (nSPS) is 20.0. The van der Waals surface area contributed by atoms with Crippen LogP contribution in [-0.4, -0.2) is 16.9 Å². The Balaban J connectivity index is 1.61. The SMILES string of the molecule is O=C(NC1CCC(c2ccccc2)CC1)c1cc([N+](=O)[O-])ccc1I. The summed E-state index contributed by atoms with van der Waals surface area (Å²) in [6.07, 6.45) is 3.94. The molecule has 0 spiro atoms. The lowest BCUT2D eigenvalue weighted by molar-refractivity contribution is -0.384. The third-order valence-electron chi connectivity index (χ3n) is 4.74. The molecule has 1 aliphatic carbocycles. The summed E-state index contributed by atoms with van der Waals surface area (Å²) in [6, 6.07) is 15.0. The van der Waals surface area contributed by atoms with Crippen molar-refractivity contribution in [2.45, 2.75) is 37.6 Å². The number of rotatable bonds is 4. The molecule has 0 radical (unpaired) electrons. The summed E-state index contributed by atoms with van der Waals surface area (Å²) in [4.78, 5) is 23.0. The average molecular weight is 450 g/mol. The molecular formula is C19H19IN2O3. The van der Waals surface area contributed by atoms with Crippen LogP contribution >= 0.6 is 22.6 Å². The zero-order valence-electron chi connectivity index (χ0n) is 13.7. The van der Waals surface area contributed by atoms with Crippen LogP contribution in [0.25, 0.3) is 0 Å². The highest BCUT2D eigenvalue weighted by Crippen LogP contribution is 2.33. The second-order valence-electron chi connectivity index (χ2n) is 6.35. The van der Waals surface area contributed by atoms with Crippen LogP contribution in [0.4, 0.5) is 5.69 Å². The molecule has 130 valence electrons. The molecule has 1 aliphatic rings. The summed E-state index contributed by atoms with van der Waals surface area (Å²) >= 11 is 2.04. The largest absolute Gasteiger partial charge is 0.349 e. The molecule has 5 nitrogen and oxygen atoms in total. The van der Waals surface area contributed by atoms with Gasteiger partial charge in [0.25, 0.3) is 11.6 Å². The topological polar surface area (TPSA) is 72.2 Å². The lowest BCUT2D eigenvalue weighted by atomic mass is 9.82. The van der Waals surface area contributed by atoms with Gasteiger partial charge in [-0.2, -0.15) is 0 Å². The van der Waals surface area contributed by atoms with Crippen molar-refractivity contribution in [2.24, 2.45) is 0 Å². The van der Waals surface area contributed by atoms with Gasteiger partial charge in [0.05, 0.1) is 10.5 Å². The van der Waals surface area contributed by atoms with Gasteiger partial charge in [-0.25, -0.2) is 0 Å². The van der Waals surface area contributed by atoms with Crippen LogP contribution in [0.5, 0.6) is 0 Å². The molecule has 1 fully saturated rings. The zero-order chi connectivity index (χ0) is 17.8. The molecule has 2 aromatic carbocycles. The molecule has 2 aromatic rings. The van der Waals surface area contributed by atoms with E-state index in [1.165, 1.54) is 17.7 Å². The lowest BCUT2D eigenvalue weighted by Gasteiger charge is -2.29. The van der Waals surface area contributed by atoms with Crippen molar-refractivity contribution in [3.05, 3.63) is 73.3 Å². The van der Waals surface area contributed by atoms with Crippen molar-refractivity contribution in [1.29, 1.82) is 0 Å². The molecule has 0 aromatic heterocycles. The van der Waals surface area contributed by atoms with Gasteiger partial charge in [0, 0.05) is 21.7 Å². The molecular weight excluding hydrogens is 431 g/mol. The van der Waals surface area contributed by atoms with Crippen LogP contribution in [0.2, 0.25) is 0 Å². The molecule has 0 bridgehead atoms. The first-order valence-corrected chi connectivity index (χ1v) is 9.42. The van der Waals surface area contributed by atoms with Gasteiger partial charge >= 0.3 is 0 Å². The second kappa shape index (κ2) is 7.95. The molecule has 6 heteroatoms. The molecule has 1 saturated carbocycles. The Morgan fingerprint density at radius 1 is 1.08 bits per heavy atom. The number of nitro benzene ring substituents is 1. The maximum atomic E-state index is 12.5. The fraction of sp³-hybridized carbons (Fsp3) is 0.316. The summed E-state index contributed by atoms with van der Waals surface area (Å²) in [5.74, 6) is 0.323. The van der Waals surface area contributed by atoms with Gasteiger partial charge in [0.15, 0.2) is 0 Å². The molecule has 0 aliphatic heterocycles. The van der Waals surface area contributed by atoms with Crippen molar-refractivity contribution in [3.63, 3.8) is 0 Å². The van der Waals surface area contributed by atoms with Crippen LogP contribution < -0.4 is 5.32 Å². The first-order chi connectivity index (χ1) is 12.0. The minimum Gasteiger partial charge on any atom is -0.349 e. The molecule has 25 heavy (non-hydrogen) atoms. The third-order valence-corrected chi connectivity index (χ3v) is 5.68. The summed E-state index contributed by atoms with van der Waals surface area (Å²) in [5, 5.41) is 14.0. The van der Waals surface area contributed by atoms with Crippen LogP contribution in [0.15, 0.2) is 48.5 Å². The van der Waals surface area contributed by atoms with E-state index in [0.29, 0.717) is 11.5 Å². The molecule has 0 saturated heterocycles. The standard InChI is InChI=1S/C19H19IN2O3/c20-18-11-10-16(22(24)25)12-17(18)19(23)21-15-8-6-14(7-9-15)13-4-2-1-3-5-13/h1-5,10-12,14-15H,6-9H2,(H,21,23). The Labute approximate surface area is 160 Å². The minimum absolute atomic E-state index is 0.0571. The Morgan fingerprint density at radius 2 is 1.76 bits per heavy atom. The number of benzene rings is 2. The number of amides is 1. The highest BCUT2D eigenvalue weighted by atomic mass is 127. The Hall–Kier alpha value is -1.96. The van der Waals surface area contributed by atoms with E-state index >= 15 is 0 Å². The number of halogens is 1. The maximum absolute atomic E-state index is 12.5. The smallest absolute Gasteiger partial charge is 0.270 e. The van der Waals surface area contributed by atoms with Gasteiger partial charge in [-0.3, -0.25) is 14.9 Å². The highest BCUT2D eigenvalue weighted by molar-refractivity contribution is 14.1. The van der Waals surface area contributed by atoms with Crippen molar-refractivity contribution in [3.8, 4) is 0 Å². The van der Waals surface area contributed by atoms with Crippen molar-refractivity contribution < 1.29 is 9.72 Å². The van der Waals surface area contributed by atoms with Crippen LogP contribution in [0, 0.1) is 13.7 Å². The number of hydrogen-bond acceptors (Lipinski definition) is 3. The predicted molar refractivity (Wildman–Crippen MR) is 105 cm³/mol. The van der Waals surface area contributed by atoms with Gasteiger partial charge in [-0.1, -0.05) is 30.3 Å². The average Bonchev–Trinajstić information content (AvgIpc) is 2.63. The van der Waals surface area contributed by atoms with Gasteiger partial charge in [0.2, 0.25) is 0 Å². The Bertz CT molecular complexity index is 771. The van der Waals surface area contributed by atoms with Gasteiger partial charge < -0.3 is 5.32 Å². The Kier molecular flexibility index (Phi) is 5.67. The third kappa shape index (κ3) is 4.36. The van der Waals surface area contributed by atoms with Gasteiger partial charge in [-0.05, 0) is 65.8 Å². The number of nitro groups is 1. The van der Waals surface area contributed by atoms with Crippen LogP contribution in [0.3, 0.4) is 0 Å². The molecule has 1 N–H and O–H groups in total. The van der Waals surface area contributed by atoms with E-state index < -0.39 is 4.92 Å². The number of carbonyl (C=O) groups excluding carboxylic acids is 1. The molecule has 3 rings (SSSR count). The van der Waals surface area contributed by atoms with E-state index in [1.807, 2.05) is 28.7 Å². The molecule has 0 unspecified atom stereocenters. The number of hydrogen-bond donors (Lipinski definition) is 1. The van der Waals surface area contributed by atoms with Crippen molar-refractivity contribution in [1.82, 2.24) is 5.32 Å². The minimum atomic E-state index is -0.474. The summed E-state index contributed by atoms with van der Waals surface area (Å²) in [5.41, 5.74) is 1.68. The monoisotopic (exact) mass is 450 g/mol. The number of non-ortho nitro benzene ring substituents is 1. The zero-order valence-corrected chi connectivity index (χ0v) is 15.8. The predicted octanol–water partition coefficient (Wildman–Crippen LogP) is 4.66. The number of nitrogens with zero attached hydrogens (tertiary/aromatic N) is 1. The fourth-order valence-corrected chi connectivity index (χ4v) is 3.94. The van der Waals surface area contributed by atoms with Gasteiger partial charge in [-0.15, -0.1) is 0 Å². The fourth-order valence-electron chi connectivity index (χ4n) is 3.36. The van der Waals surface area contributed by atoms with E-state index in [2.05, 4.69) is 29.6 Å². The quantitative estimate of drug-likeness (QED) is 0.419. The summed E-state index contributed by atoms with van der Waals surface area (Å²) in [6.45, 7) is 0. The van der Waals surface area contributed by atoms with Crippen molar-refractivity contribution in [2.75, 3.05) is 0 Å². The second-order valence-corrected chi connectivity index (χ2v) is 7.52. The molecule has 0 atom stereocenters. The van der Waals surface area contributed by atoms with E-state index in [0.717, 1.165) is 29.3 Å². The van der Waals surface area contributed by atoms with Crippen LogP contribution in [0.1, 0.15) is 47.5 Å². The maximum Gasteiger partial charge on any atom is 0.270 e. The first-order valence-electron chi connectivity index (χ1n) is 8.34. The number of nitrogens with one attached hydrogen (secondary N) is 1. The summed E-state index contributed by atoms with van der Waals surface area (Å²) < 4.78 is 0.721. The van der Waals surface area contributed by atoms with E-state index in [-0.39, 0.29) is 17.6 Å². The van der Waals surface area contributed by atoms with E-state index in [4.69, 9.17) is 0 Å². The number of carbonyl (C=O) groups is 1. The van der Waals surface area contributed by atoms with E-state index in [1.54, 1.807) is 6.07 Å². The van der Waals surface area contributed by atoms with Crippen LogP contribution in [-0.2, 0) is 0 Å². The van der Waals surface area contributed by atoms with Crippen molar-refractivity contribution >= 4 is 34.2 Å². The lowest BCUT2D eigenvalue weighted by Crippen LogP contribution is -2.37. The summed E-state index contributed by atoms with van der Waals surface area (Å²) in [7, 11) is 0. The molecule has 1 amide bonds.